The minimum atomic E-state index is -4.22. The number of ketones is 1. The Bertz CT molecular complexity index is 3660. The SMILES string of the molecule is CCCOc1cc(OCCCCN(C)CC(=O)N2CCN(c3ccc(Nc4ncc5c(C)c(C(C)=O)c(=O)n(C6CCCC6)c5n4)nc3)CC2)cc(Oc2cc3c(cc2NS(=O)(=O)c2ccc(OC)c(OC)c2)n(C)c(=O)n3C)c1. The molecular weight excluding hydrogens is 1050 g/mol. The van der Waals surface area contributed by atoms with Crippen LogP contribution in [0.4, 0.5) is 23.1 Å². The number of benzene rings is 3. The van der Waals surface area contributed by atoms with E-state index >= 15 is 0 Å². The monoisotopic (exact) mass is 1120 g/mol. The number of anilines is 4. The van der Waals surface area contributed by atoms with Crippen molar-refractivity contribution in [2.24, 2.45) is 14.1 Å². The van der Waals surface area contributed by atoms with Crippen molar-refractivity contribution in [3.8, 4) is 34.5 Å². The Kier molecular flexibility index (Phi) is 17.3. The quantitative estimate of drug-likeness (QED) is 0.0464. The molecule has 22 nitrogen and oxygen atoms in total. The molecule has 1 saturated heterocycles. The second-order valence-electron chi connectivity index (χ2n) is 20.2. The second kappa shape index (κ2) is 24.5. The first-order valence-electron chi connectivity index (χ1n) is 26.9. The maximum Gasteiger partial charge on any atom is 0.328 e. The molecule has 1 saturated carbocycles. The third kappa shape index (κ3) is 12.3. The highest BCUT2D eigenvalue weighted by atomic mass is 32.2. The van der Waals surface area contributed by atoms with Gasteiger partial charge in [-0.2, -0.15) is 4.98 Å². The summed E-state index contributed by atoms with van der Waals surface area (Å²) < 4.78 is 64.4. The third-order valence-electron chi connectivity index (χ3n) is 14.7. The molecule has 424 valence electrons. The number of aromatic nitrogens is 6. The molecule has 2 fully saturated rings. The summed E-state index contributed by atoms with van der Waals surface area (Å²) in [6.07, 6.45) is 9.40. The lowest BCUT2D eigenvalue weighted by atomic mass is 10.0. The van der Waals surface area contributed by atoms with E-state index in [1.165, 1.54) is 48.5 Å². The van der Waals surface area contributed by atoms with E-state index in [-0.39, 0.29) is 63.2 Å². The van der Waals surface area contributed by atoms with Crippen LogP contribution < -0.4 is 49.9 Å². The molecular formula is C57H69N11O11S. The minimum absolute atomic E-state index is 0.0236. The van der Waals surface area contributed by atoms with E-state index in [0.29, 0.717) is 115 Å². The number of pyridine rings is 2. The highest BCUT2D eigenvalue weighted by Crippen LogP contribution is 2.39. The average Bonchev–Trinajstić information content (AvgIpc) is 4.08. The lowest BCUT2D eigenvalue weighted by Gasteiger charge is -2.36. The molecule has 1 amide bonds. The zero-order valence-electron chi connectivity index (χ0n) is 46.5. The summed E-state index contributed by atoms with van der Waals surface area (Å²) in [7, 11) is 3.83. The van der Waals surface area contributed by atoms with Crippen molar-refractivity contribution in [3.05, 3.63) is 105 Å². The smallest absolute Gasteiger partial charge is 0.328 e. The number of carbonyl (C=O) groups excluding carboxylic acids is 2. The minimum Gasteiger partial charge on any atom is -0.493 e. The van der Waals surface area contributed by atoms with E-state index in [2.05, 4.69) is 24.9 Å². The molecule has 0 spiro atoms. The number of aryl methyl sites for hydroxylation is 3. The fourth-order valence-electron chi connectivity index (χ4n) is 10.4. The highest BCUT2D eigenvalue weighted by Gasteiger charge is 2.28. The van der Waals surface area contributed by atoms with Gasteiger partial charge in [0, 0.05) is 88.2 Å². The number of fused-ring (bicyclic) bond motifs is 2. The van der Waals surface area contributed by atoms with Crippen molar-refractivity contribution in [1.82, 2.24) is 38.5 Å². The normalized spacial score (nSPS) is 14.0. The van der Waals surface area contributed by atoms with Crippen LogP contribution in [0.25, 0.3) is 22.1 Å². The van der Waals surface area contributed by atoms with Crippen LogP contribution in [0.1, 0.15) is 80.8 Å². The first-order valence-corrected chi connectivity index (χ1v) is 28.3. The zero-order valence-corrected chi connectivity index (χ0v) is 47.4. The molecule has 4 aromatic heterocycles. The van der Waals surface area contributed by atoms with Gasteiger partial charge in [0.1, 0.15) is 28.7 Å². The maximum absolute atomic E-state index is 13.9. The lowest BCUT2D eigenvalue weighted by molar-refractivity contribution is -0.132. The molecule has 0 radical (unpaired) electrons. The number of hydrogen-bond acceptors (Lipinski definition) is 17. The number of amides is 1. The van der Waals surface area contributed by atoms with Crippen LogP contribution >= 0.6 is 0 Å². The van der Waals surface area contributed by atoms with Gasteiger partial charge in [0.2, 0.25) is 11.9 Å². The number of unbranched alkanes of at least 4 members (excludes halogenated alkanes) is 1. The molecule has 0 atom stereocenters. The molecule has 5 heterocycles. The highest BCUT2D eigenvalue weighted by molar-refractivity contribution is 7.92. The van der Waals surface area contributed by atoms with Crippen LogP contribution in [-0.2, 0) is 28.9 Å². The average molecular weight is 1120 g/mol. The molecule has 7 aromatic rings. The number of nitrogens with one attached hydrogen (secondary N) is 2. The van der Waals surface area contributed by atoms with E-state index < -0.39 is 10.0 Å². The van der Waals surface area contributed by atoms with Gasteiger partial charge in [-0.3, -0.25) is 37.7 Å². The number of ether oxygens (including phenoxy) is 5. The number of rotatable bonds is 23. The molecule has 23 heteroatoms. The van der Waals surface area contributed by atoms with Crippen LogP contribution in [0.2, 0.25) is 0 Å². The van der Waals surface area contributed by atoms with Crippen LogP contribution in [0.3, 0.4) is 0 Å². The third-order valence-corrected chi connectivity index (χ3v) is 16.0. The summed E-state index contributed by atoms with van der Waals surface area (Å²) in [6.45, 7) is 9.39. The van der Waals surface area contributed by atoms with Gasteiger partial charge in [0.15, 0.2) is 23.0 Å². The lowest BCUT2D eigenvalue weighted by Crippen LogP contribution is -2.51. The van der Waals surface area contributed by atoms with E-state index in [4.69, 9.17) is 28.7 Å². The molecule has 80 heavy (non-hydrogen) atoms. The summed E-state index contributed by atoms with van der Waals surface area (Å²) in [5.41, 5.74) is 2.70. The Labute approximate surface area is 464 Å². The van der Waals surface area contributed by atoms with E-state index in [0.717, 1.165) is 44.2 Å². The van der Waals surface area contributed by atoms with Gasteiger partial charge in [0.25, 0.3) is 15.6 Å². The van der Waals surface area contributed by atoms with Crippen molar-refractivity contribution in [3.63, 3.8) is 0 Å². The van der Waals surface area contributed by atoms with Crippen LogP contribution in [0.5, 0.6) is 34.5 Å². The topological polar surface area (TPSA) is 236 Å². The number of nitrogens with zero attached hydrogens (tertiary/aromatic N) is 9. The Morgan fingerprint density at radius 3 is 2.15 bits per heavy atom. The Balaban J connectivity index is 0.770. The maximum atomic E-state index is 13.9. The van der Waals surface area contributed by atoms with Gasteiger partial charge < -0.3 is 38.8 Å². The van der Waals surface area contributed by atoms with Gasteiger partial charge in [-0.05, 0) is 95.4 Å². The van der Waals surface area contributed by atoms with Crippen molar-refractivity contribution < 1.29 is 41.7 Å². The Morgan fingerprint density at radius 2 is 1.49 bits per heavy atom. The number of likely N-dealkylation sites (N-methyl/N-ethyl adjacent to an activating group) is 1. The number of sulfonamides is 1. The first kappa shape index (κ1) is 56.5. The van der Waals surface area contributed by atoms with Crippen molar-refractivity contribution in [1.29, 1.82) is 0 Å². The number of carbonyl (C=O) groups is 2. The van der Waals surface area contributed by atoms with Gasteiger partial charge in [0.05, 0.1) is 73.0 Å². The molecule has 1 aliphatic carbocycles. The number of Topliss-reactive ketones (excluding diaryl/α,β-unsaturated/α-hetero) is 1. The molecule has 2 N–H and O–H groups in total. The largest absolute Gasteiger partial charge is 0.493 e. The fraction of sp³-hybridized carbons (Fsp3) is 0.421. The zero-order chi connectivity index (χ0) is 56.8. The summed E-state index contributed by atoms with van der Waals surface area (Å²) in [4.78, 5) is 72.6. The number of methoxy groups -OCH3 is 2. The summed E-state index contributed by atoms with van der Waals surface area (Å²) in [5.74, 6) is 2.64. The van der Waals surface area contributed by atoms with Crippen LogP contribution in [0.15, 0.2) is 87.5 Å². The Hall–Kier alpha value is -8.18. The van der Waals surface area contributed by atoms with Gasteiger partial charge >= 0.3 is 5.69 Å². The van der Waals surface area contributed by atoms with E-state index in [1.807, 2.05) is 35.9 Å². The van der Waals surface area contributed by atoms with Crippen molar-refractivity contribution in [2.45, 2.75) is 76.7 Å². The molecule has 1 aliphatic heterocycles. The number of imidazole rings is 1. The standard InChI is InChI=1S/C57H69N11O11S/c1-9-25-77-40-27-41(29-42(28-40)79-49-32-47-46(64(5)57(72)65(47)6)31-45(49)62-80(73,74)43-17-18-48(75-7)50(30-43)76-8)78-26-13-12-20-63(4)35-52(70)67-23-21-66(22-24-67)39-16-19-51(58-33-39)60-56-59-34-44-36(2)53(37(3)69)55(71)68(54(44)61-56)38-14-10-11-15-38/h16-19,27-34,38,62H,9-15,20-26,35H2,1-8H3,(H,58,59,60,61). The number of piperazine rings is 1. The van der Waals surface area contributed by atoms with Crippen LogP contribution in [0, 0.1) is 6.92 Å². The van der Waals surface area contributed by atoms with Crippen LogP contribution in [-0.4, -0.2) is 132 Å². The summed E-state index contributed by atoms with van der Waals surface area (Å²) >= 11 is 0. The molecule has 3 aromatic carbocycles. The molecule has 0 unspecified atom stereocenters. The molecule has 9 rings (SSSR count). The fourth-order valence-corrected chi connectivity index (χ4v) is 11.4. The Morgan fingerprint density at radius 1 is 0.800 bits per heavy atom. The predicted octanol–water partition coefficient (Wildman–Crippen LogP) is 7.59. The number of hydrogen-bond donors (Lipinski definition) is 2. The van der Waals surface area contributed by atoms with E-state index in [1.54, 1.807) is 68.3 Å². The predicted molar refractivity (Wildman–Crippen MR) is 305 cm³/mol. The molecule has 2 aliphatic rings. The summed E-state index contributed by atoms with van der Waals surface area (Å²) in [5, 5.41) is 3.87. The summed E-state index contributed by atoms with van der Waals surface area (Å²) in [6, 6.07) is 16.4. The van der Waals surface area contributed by atoms with Gasteiger partial charge in [-0.15, -0.1) is 0 Å². The van der Waals surface area contributed by atoms with E-state index in [9.17, 15) is 27.6 Å². The second-order valence-corrected chi connectivity index (χ2v) is 21.9. The van der Waals surface area contributed by atoms with Gasteiger partial charge in [-0.25, -0.2) is 23.2 Å². The van der Waals surface area contributed by atoms with Gasteiger partial charge in [-0.1, -0.05) is 19.8 Å². The molecule has 0 bridgehead atoms. The van der Waals surface area contributed by atoms with Crippen molar-refractivity contribution in [2.75, 3.05) is 88.7 Å². The first-order chi connectivity index (χ1) is 38.5. The van der Waals surface area contributed by atoms with Crippen molar-refractivity contribution >= 4 is 66.9 Å².